The molecule has 0 saturated heterocycles. The van der Waals surface area contributed by atoms with Crippen LogP contribution in [0.4, 0.5) is 0 Å². The molecule has 0 aliphatic carbocycles. The summed E-state index contributed by atoms with van der Waals surface area (Å²) in [6.45, 7) is 6.14. The van der Waals surface area contributed by atoms with Crippen molar-refractivity contribution in [1.82, 2.24) is 0 Å². The molecule has 0 bridgehead atoms. The summed E-state index contributed by atoms with van der Waals surface area (Å²) >= 11 is 0. The van der Waals surface area contributed by atoms with Gasteiger partial charge in [0.05, 0.1) is 12.2 Å². The monoisotopic (exact) mass is 279 g/mol. The summed E-state index contributed by atoms with van der Waals surface area (Å²) in [5.74, 6) is 0. The van der Waals surface area contributed by atoms with E-state index in [1.807, 2.05) is 0 Å². The molecule has 1 unspecified atom stereocenters. The van der Waals surface area contributed by atoms with Gasteiger partial charge in [0.1, 0.15) is 0 Å². The van der Waals surface area contributed by atoms with Crippen molar-refractivity contribution in [3.05, 3.63) is 0 Å². The molecule has 0 spiro atoms. The maximum atomic E-state index is 9.91. The first kappa shape index (κ1) is 18.6. The summed E-state index contributed by atoms with van der Waals surface area (Å²) in [6.07, 6.45) is -0.904. The van der Waals surface area contributed by atoms with Crippen LogP contribution in [0.15, 0.2) is 0 Å². The van der Waals surface area contributed by atoms with Gasteiger partial charge in [-0.15, -0.1) is 0 Å². The molecule has 8 nitrogen and oxygen atoms in total. The zero-order valence-corrected chi connectivity index (χ0v) is 11.2. The van der Waals surface area contributed by atoms with Gasteiger partial charge >= 0.3 is 7.82 Å². The van der Waals surface area contributed by atoms with E-state index in [4.69, 9.17) is 14.7 Å². The maximum absolute atomic E-state index is 9.91. The summed E-state index contributed by atoms with van der Waals surface area (Å²) in [4.78, 5) is 33.9. The summed E-state index contributed by atoms with van der Waals surface area (Å²) in [5.41, 5.74) is 0. The average Bonchev–Trinajstić information content (AvgIpc) is 1.72. The van der Waals surface area contributed by atoms with E-state index < -0.39 is 27.9 Å². The molecule has 0 fully saturated rings. The van der Waals surface area contributed by atoms with Crippen molar-refractivity contribution in [3.63, 3.8) is 0 Å². The number of rotatable bonds is 4. The first-order valence-corrected chi connectivity index (χ1v) is 7.32. The van der Waals surface area contributed by atoms with Crippen LogP contribution in [0.5, 0.6) is 0 Å². The largest absolute Gasteiger partial charge is 0.756 e. The molecule has 0 amide bonds. The van der Waals surface area contributed by atoms with Gasteiger partial charge in [0.2, 0.25) is 0 Å². The Morgan fingerprint density at radius 2 is 1.25 bits per heavy atom. The lowest BCUT2D eigenvalue weighted by atomic mass is 10.5. The van der Waals surface area contributed by atoms with E-state index in [1.165, 1.54) is 13.8 Å². The van der Waals surface area contributed by atoms with Crippen molar-refractivity contribution in [2.45, 2.75) is 39.9 Å². The van der Waals surface area contributed by atoms with Gasteiger partial charge in [-0.3, -0.25) is 9.09 Å². The number of hydrogen-bond donors (Lipinski definition) is 3. The molecule has 0 aliphatic rings. The Morgan fingerprint density at radius 3 is 1.25 bits per heavy atom. The van der Waals surface area contributed by atoms with Gasteiger partial charge in [-0.1, -0.05) is 0 Å². The van der Waals surface area contributed by atoms with E-state index in [1.54, 1.807) is 13.8 Å². The minimum Gasteiger partial charge on any atom is -0.756 e. The average molecular weight is 279 g/mol. The molecule has 0 radical (unpaired) electrons. The Kier molecular flexibility index (Phi) is 8.74. The van der Waals surface area contributed by atoms with Crippen LogP contribution in [0, 0.1) is 0 Å². The van der Waals surface area contributed by atoms with E-state index in [2.05, 4.69) is 9.05 Å². The predicted octanol–water partition coefficient (Wildman–Crippen LogP) is 0.376. The van der Waals surface area contributed by atoms with E-state index >= 15 is 0 Å². The van der Waals surface area contributed by atoms with Crippen LogP contribution in [0.3, 0.4) is 0 Å². The minimum atomic E-state index is -4.47. The Morgan fingerprint density at radius 1 is 0.938 bits per heavy atom. The third kappa shape index (κ3) is 23.8. The van der Waals surface area contributed by atoms with Gasteiger partial charge in [0, 0.05) is 0 Å². The van der Waals surface area contributed by atoms with Crippen LogP contribution >= 0.6 is 15.6 Å². The lowest BCUT2D eigenvalue weighted by Gasteiger charge is -2.17. The van der Waals surface area contributed by atoms with Gasteiger partial charge in [-0.2, -0.15) is 0 Å². The fourth-order valence-electron chi connectivity index (χ4n) is 0.541. The SMILES string of the molecule is CC(C)OP(=O)(O)O.CC(C)OP(=O)([O-])O. The minimum absolute atomic E-state index is 0.421. The standard InChI is InChI=1S/2C3H9O4P/c2*1-3(2)7-8(4,5)6/h2*3H,1-2H3,(H2,4,5,6)/p-1. The van der Waals surface area contributed by atoms with Gasteiger partial charge < -0.3 is 24.1 Å². The van der Waals surface area contributed by atoms with Crippen LogP contribution in [0.2, 0.25) is 0 Å². The highest BCUT2D eigenvalue weighted by Gasteiger charge is 2.14. The summed E-state index contributed by atoms with van der Waals surface area (Å²) in [6, 6.07) is 0. The summed E-state index contributed by atoms with van der Waals surface area (Å²) < 4.78 is 27.8. The van der Waals surface area contributed by atoms with Gasteiger partial charge in [-0.25, -0.2) is 4.57 Å². The summed E-state index contributed by atoms with van der Waals surface area (Å²) in [7, 11) is -8.69. The molecule has 0 aromatic carbocycles. The van der Waals surface area contributed by atoms with Crippen molar-refractivity contribution < 1.29 is 37.8 Å². The Balaban J connectivity index is 0. The van der Waals surface area contributed by atoms with Gasteiger partial charge in [-0.05, 0) is 27.7 Å². The highest BCUT2D eigenvalue weighted by Crippen LogP contribution is 2.37. The zero-order valence-electron chi connectivity index (χ0n) is 9.43. The first-order chi connectivity index (χ1) is 6.83. The molecular weight excluding hydrogens is 262 g/mol. The van der Waals surface area contributed by atoms with E-state index in [-0.39, 0.29) is 0 Å². The third-order valence-corrected chi connectivity index (χ3v) is 2.08. The normalized spacial score (nSPS) is 15.6. The highest BCUT2D eigenvalue weighted by molar-refractivity contribution is 7.46. The van der Waals surface area contributed by atoms with Crippen molar-refractivity contribution >= 4 is 15.6 Å². The fraction of sp³-hybridized carbons (Fsp3) is 1.00. The molecule has 100 valence electrons. The molecule has 3 N–H and O–H groups in total. The first-order valence-electron chi connectivity index (χ1n) is 4.29. The molecule has 0 heterocycles. The van der Waals surface area contributed by atoms with E-state index in [0.29, 0.717) is 0 Å². The Bertz CT molecular complexity index is 236. The lowest BCUT2D eigenvalue weighted by molar-refractivity contribution is -0.222. The second-order valence-corrected chi connectivity index (χ2v) is 5.61. The van der Waals surface area contributed by atoms with E-state index in [9.17, 15) is 14.0 Å². The van der Waals surface area contributed by atoms with Crippen molar-refractivity contribution in [2.24, 2.45) is 0 Å². The second-order valence-electron chi connectivity index (χ2n) is 3.27. The van der Waals surface area contributed by atoms with Crippen molar-refractivity contribution in [3.8, 4) is 0 Å². The van der Waals surface area contributed by atoms with Crippen molar-refractivity contribution in [1.29, 1.82) is 0 Å². The molecule has 0 aromatic rings. The molecule has 10 heteroatoms. The molecule has 1 atom stereocenters. The molecule has 0 aromatic heterocycles. The molecular formula is C6H17O8P2-. The van der Waals surface area contributed by atoms with Crippen molar-refractivity contribution in [2.75, 3.05) is 0 Å². The smallest absolute Gasteiger partial charge is 0.469 e. The second kappa shape index (κ2) is 7.53. The van der Waals surface area contributed by atoms with Gasteiger partial charge in [0.15, 0.2) is 0 Å². The van der Waals surface area contributed by atoms with Crippen LogP contribution in [0.25, 0.3) is 0 Å². The van der Waals surface area contributed by atoms with E-state index in [0.717, 1.165) is 0 Å². The Labute approximate surface area is 94.1 Å². The van der Waals surface area contributed by atoms with Crippen LogP contribution in [0.1, 0.15) is 27.7 Å². The molecule has 0 saturated carbocycles. The molecule has 16 heavy (non-hydrogen) atoms. The van der Waals surface area contributed by atoms with Crippen LogP contribution in [-0.2, 0) is 18.2 Å². The van der Waals surface area contributed by atoms with Crippen LogP contribution < -0.4 is 4.89 Å². The van der Waals surface area contributed by atoms with Gasteiger partial charge in [0.25, 0.3) is 7.82 Å². The quantitative estimate of drug-likeness (QED) is 0.628. The number of phosphoric ester groups is 2. The lowest BCUT2D eigenvalue weighted by Crippen LogP contribution is -2.08. The number of phosphoric acid groups is 2. The Hall–Kier alpha value is 0.220. The molecule has 0 rings (SSSR count). The third-order valence-electron chi connectivity index (χ3n) is 0.692. The zero-order chi connectivity index (χ0) is 13.6. The molecule has 0 aliphatic heterocycles. The fourth-order valence-corrected chi connectivity index (χ4v) is 1.62. The predicted molar refractivity (Wildman–Crippen MR) is 54.3 cm³/mol. The topological polar surface area (TPSA) is 136 Å². The maximum Gasteiger partial charge on any atom is 0.469 e. The van der Waals surface area contributed by atoms with Crippen LogP contribution in [-0.4, -0.2) is 26.9 Å². The number of hydrogen-bond acceptors (Lipinski definition) is 5. The highest BCUT2D eigenvalue weighted by atomic mass is 31.2. The summed E-state index contributed by atoms with van der Waals surface area (Å²) in [5, 5.41) is 0.